The Morgan fingerprint density at radius 2 is 2.17 bits per heavy atom. The highest BCUT2D eigenvalue weighted by molar-refractivity contribution is 5.86. The molecule has 0 aliphatic carbocycles. The van der Waals surface area contributed by atoms with Gasteiger partial charge >= 0.3 is 0 Å². The fraction of sp³-hybridized carbons (Fsp3) is 0.385. The van der Waals surface area contributed by atoms with Crippen LogP contribution in [0.15, 0.2) is 24.3 Å². The Kier molecular flexibility index (Phi) is 3.82. The number of anilines is 1. The molecule has 5 heteroatoms. The monoisotopic (exact) mass is 247 g/mol. The van der Waals surface area contributed by atoms with E-state index in [1.54, 1.807) is 4.90 Å². The third kappa shape index (κ3) is 3.00. The van der Waals surface area contributed by atoms with Crippen molar-refractivity contribution in [2.75, 3.05) is 25.4 Å². The van der Waals surface area contributed by atoms with E-state index in [-0.39, 0.29) is 18.4 Å². The maximum Gasteiger partial charge on any atom is 0.239 e. The lowest BCUT2D eigenvalue weighted by atomic mass is 10.1. The van der Waals surface area contributed by atoms with E-state index >= 15 is 0 Å². The number of benzene rings is 1. The van der Waals surface area contributed by atoms with Gasteiger partial charge < -0.3 is 16.0 Å². The maximum absolute atomic E-state index is 11.9. The second kappa shape index (κ2) is 5.53. The largest absolute Gasteiger partial charge is 0.399 e. The van der Waals surface area contributed by atoms with Crippen molar-refractivity contribution in [2.45, 2.75) is 12.8 Å². The Morgan fingerprint density at radius 3 is 2.89 bits per heavy atom. The third-order valence-electron chi connectivity index (χ3n) is 3.05. The van der Waals surface area contributed by atoms with Crippen LogP contribution in [0.4, 0.5) is 5.69 Å². The first-order chi connectivity index (χ1) is 8.66. The van der Waals surface area contributed by atoms with Gasteiger partial charge in [0.25, 0.3) is 0 Å². The molecule has 0 saturated carbocycles. The van der Waals surface area contributed by atoms with Crippen molar-refractivity contribution < 1.29 is 9.59 Å². The number of nitrogens with two attached hydrogens (primary N) is 1. The zero-order valence-corrected chi connectivity index (χ0v) is 10.2. The van der Waals surface area contributed by atoms with Crippen LogP contribution in [0.2, 0.25) is 0 Å². The average molecular weight is 247 g/mol. The molecule has 2 rings (SSSR count). The SMILES string of the molecule is Nc1ccccc1CCC(=O)N1CCNC(=O)C1. The van der Waals surface area contributed by atoms with Crippen LogP contribution in [0, 0.1) is 0 Å². The fourth-order valence-electron chi connectivity index (χ4n) is 2.01. The molecule has 1 saturated heterocycles. The number of piperazine rings is 1. The summed E-state index contributed by atoms with van der Waals surface area (Å²) in [5.74, 6) is -0.0815. The van der Waals surface area contributed by atoms with Gasteiger partial charge in [-0.1, -0.05) is 18.2 Å². The molecule has 0 atom stereocenters. The van der Waals surface area contributed by atoms with Gasteiger partial charge in [-0.2, -0.15) is 0 Å². The van der Waals surface area contributed by atoms with E-state index in [1.165, 1.54) is 0 Å². The summed E-state index contributed by atoms with van der Waals surface area (Å²) in [6, 6.07) is 7.53. The fourth-order valence-corrected chi connectivity index (χ4v) is 2.01. The Morgan fingerprint density at radius 1 is 1.39 bits per heavy atom. The van der Waals surface area contributed by atoms with Crippen molar-refractivity contribution in [2.24, 2.45) is 0 Å². The molecule has 0 radical (unpaired) electrons. The zero-order chi connectivity index (χ0) is 13.0. The first kappa shape index (κ1) is 12.4. The van der Waals surface area contributed by atoms with Crippen LogP contribution in [0.25, 0.3) is 0 Å². The smallest absolute Gasteiger partial charge is 0.239 e. The molecule has 18 heavy (non-hydrogen) atoms. The predicted octanol–water partition coefficient (Wildman–Crippen LogP) is 0.160. The molecule has 1 aliphatic heterocycles. The van der Waals surface area contributed by atoms with Gasteiger partial charge in [-0.3, -0.25) is 9.59 Å². The number of rotatable bonds is 3. The minimum Gasteiger partial charge on any atom is -0.399 e. The molecule has 3 N–H and O–H groups in total. The number of nitrogen functional groups attached to an aromatic ring is 1. The minimum atomic E-state index is -0.0891. The van der Waals surface area contributed by atoms with Gasteiger partial charge in [-0.25, -0.2) is 0 Å². The summed E-state index contributed by atoms with van der Waals surface area (Å²) < 4.78 is 0. The second-order valence-electron chi connectivity index (χ2n) is 4.36. The highest BCUT2D eigenvalue weighted by atomic mass is 16.2. The van der Waals surface area contributed by atoms with Crippen LogP contribution in [0.3, 0.4) is 0 Å². The minimum absolute atomic E-state index is 0.00750. The highest BCUT2D eigenvalue weighted by Crippen LogP contribution is 2.13. The molecular formula is C13H17N3O2. The summed E-state index contributed by atoms with van der Waals surface area (Å²) in [5, 5.41) is 2.70. The Hall–Kier alpha value is -2.04. The van der Waals surface area contributed by atoms with Crippen molar-refractivity contribution in [3.05, 3.63) is 29.8 Å². The van der Waals surface area contributed by atoms with E-state index in [9.17, 15) is 9.59 Å². The van der Waals surface area contributed by atoms with Crippen molar-refractivity contribution in [3.8, 4) is 0 Å². The summed E-state index contributed by atoms with van der Waals surface area (Å²) in [6.07, 6.45) is 1.01. The second-order valence-corrected chi connectivity index (χ2v) is 4.36. The van der Waals surface area contributed by atoms with E-state index in [1.807, 2.05) is 24.3 Å². The molecule has 1 aromatic carbocycles. The summed E-state index contributed by atoms with van der Waals surface area (Å²) in [6.45, 7) is 1.30. The number of hydrogen-bond acceptors (Lipinski definition) is 3. The number of carbonyl (C=O) groups is 2. The van der Waals surface area contributed by atoms with Crippen molar-refractivity contribution >= 4 is 17.5 Å². The quantitative estimate of drug-likeness (QED) is 0.747. The number of carbonyl (C=O) groups excluding carboxylic acids is 2. The normalized spacial score (nSPS) is 15.3. The highest BCUT2D eigenvalue weighted by Gasteiger charge is 2.20. The van der Waals surface area contributed by atoms with E-state index < -0.39 is 0 Å². The van der Waals surface area contributed by atoms with Crippen LogP contribution < -0.4 is 11.1 Å². The molecular weight excluding hydrogens is 230 g/mol. The van der Waals surface area contributed by atoms with E-state index in [4.69, 9.17) is 5.73 Å². The van der Waals surface area contributed by atoms with E-state index in [0.29, 0.717) is 31.6 Å². The predicted molar refractivity (Wildman–Crippen MR) is 68.8 cm³/mol. The molecule has 0 aromatic heterocycles. The molecule has 5 nitrogen and oxygen atoms in total. The summed E-state index contributed by atoms with van der Waals surface area (Å²) in [7, 11) is 0. The van der Waals surface area contributed by atoms with Crippen LogP contribution in [0.1, 0.15) is 12.0 Å². The van der Waals surface area contributed by atoms with Gasteiger partial charge in [0.2, 0.25) is 11.8 Å². The number of nitrogens with zero attached hydrogens (tertiary/aromatic N) is 1. The van der Waals surface area contributed by atoms with Crippen LogP contribution >= 0.6 is 0 Å². The van der Waals surface area contributed by atoms with Crippen LogP contribution in [-0.2, 0) is 16.0 Å². The maximum atomic E-state index is 11.9. The molecule has 1 heterocycles. The lowest BCUT2D eigenvalue weighted by molar-refractivity contribution is -0.138. The Labute approximate surface area is 106 Å². The number of hydrogen-bond donors (Lipinski definition) is 2. The summed E-state index contributed by atoms with van der Waals surface area (Å²) >= 11 is 0. The average Bonchev–Trinajstić information content (AvgIpc) is 2.37. The number of para-hydroxylation sites is 1. The van der Waals surface area contributed by atoms with Crippen molar-refractivity contribution in [3.63, 3.8) is 0 Å². The number of nitrogens with one attached hydrogen (secondary N) is 1. The van der Waals surface area contributed by atoms with Gasteiger partial charge in [0.1, 0.15) is 0 Å². The van der Waals surface area contributed by atoms with Crippen LogP contribution in [-0.4, -0.2) is 36.3 Å². The molecule has 0 unspecified atom stereocenters. The first-order valence-electron chi connectivity index (χ1n) is 6.04. The Balaban J connectivity index is 1.88. The van der Waals surface area contributed by atoms with Crippen LogP contribution in [0.5, 0.6) is 0 Å². The lowest BCUT2D eigenvalue weighted by Crippen LogP contribution is -2.50. The molecule has 96 valence electrons. The van der Waals surface area contributed by atoms with Gasteiger partial charge in [0.05, 0.1) is 6.54 Å². The van der Waals surface area contributed by atoms with E-state index in [2.05, 4.69) is 5.32 Å². The molecule has 0 bridgehead atoms. The third-order valence-corrected chi connectivity index (χ3v) is 3.05. The summed E-state index contributed by atoms with van der Waals surface area (Å²) in [4.78, 5) is 24.7. The van der Waals surface area contributed by atoms with Gasteiger partial charge in [0.15, 0.2) is 0 Å². The molecule has 1 aromatic rings. The van der Waals surface area contributed by atoms with Crippen molar-refractivity contribution in [1.82, 2.24) is 10.2 Å². The van der Waals surface area contributed by atoms with Gasteiger partial charge in [-0.05, 0) is 18.1 Å². The van der Waals surface area contributed by atoms with E-state index in [0.717, 1.165) is 5.56 Å². The molecule has 1 aliphatic rings. The number of aryl methyl sites for hydroxylation is 1. The molecule has 1 fully saturated rings. The number of amides is 2. The van der Waals surface area contributed by atoms with Gasteiger partial charge in [0, 0.05) is 25.2 Å². The molecule has 0 spiro atoms. The lowest BCUT2D eigenvalue weighted by Gasteiger charge is -2.26. The zero-order valence-electron chi connectivity index (χ0n) is 10.2. The standard InChI is InChI=1S/C13H17N3O2/c14-11-4-2-1-3-10(11)5-6-13(18)16-8-7-15-12(17)9-16/h1-4H,5-9,14H2,(H,15,17). The molecule has 2 amide bonds. The first-order valence-corrected chi connectivity index (χ1v) is 6.04. The Bertz CT molecular complexity index is 459. The summed E-state index contributed by atoms with van der Waals surface area (Å²) in [5.41, 5.74) is 7.51. The topological polar surface area (TPSA) is 75.4 Å². The van der Waals surface area contributed by atoms with Gasteiger partial charge in [-0.15, -0.1) is 0 Å². The van der Waals surface area contributed by atoms with Crippen molar-refractivity contribution in [1.29, 1.82) is 0 Å².